The highest BCUT2D eigenvalue weighted by Crippen LogP contribution is 2.36. The lowest BCUT2D eigenvalue weighted by Crippen LogP contribution is -2.35. The van der Waals surface area contributed by atoms with Crippen LogP contribution in [-0.2, 0) is 4.79 Å². The molecular formula is C22H24N2O2S. The molecule has 2 aromatic rings. The van der Waals surface area contributed by atoms with E-state index >= 15 is 0 Å². The summed E-state index contributed by atoms with van der Waals surface area (Å²) in [5.74, 6) is 0.800. The second kappa shape index (κ2) is 8.01. The molecule has 3 rings (SSSR count). The van der Waals surface area contributed by atoms with E-state index in [9.17, 15) is 4.79 Å². The molecule has 0 radical (unpaired) electrons. The Morgan fingerprint density at radius 3 is 2.44 bits per heavy atom. The van der Waals surface area contributed by atoms with Gasteiger partial charge in [0.2, 0.25) is 0 Å². The molecule has 1 aliphatic heterocycles. The molecule has 1 fully saturated rings. The maximum absolute atomic E-state index is 13.0. The highest BCUT2D eigenvalue weighted by atomic mass is 32.2. The standard InChI is InChI=1S/C22H24N2O2S/c1-14(2)24-21(25)20(13-17-9-8-16(4)19(12-17)26-5)27-22(24)23-18-10-6-15(3)7-11-18/h6-14H,1-5H3/b20-13+,23-22?. The molecule has 0 atom stereocenters. The minimum atomic E-state index is -0.0135. The number of benzene rings is 2. The topological polar surface area (TPSA) is 41.9 Å². The van der Waals surface area contributed by atoms with Gasteiger partial charge in [-0.25, -0.2) is 4.99 Å². The maximum atomic E-state index is 13.0. The van der Waals surface area contributed by atoms with E-state index in [-0.39, 0.29) is 11.9 Å². The first-order valence-electron chi connectivity index (χ1n) is 8.92. The number of aryl methyl sites for hydroxylation is 2. The number of thioether (sulfide) groups is 1. The fourth-order valence-corrected chi connectivity index (χ4v) is 3.95. The smallest absolute Gasteiger partial charge is 0.266 e. The molecule has 1 saturated heterocycles. The number of carbonyl (C=O) groups is 1. The third-order valence-electron chi connectivity index (χ3n) is 4.34. The fraction of sp³-hybridized carbons (Fsp3) is 0.273. The van der Waals surface area contributed by atoms with Crippen molar-refractivity contribution in [2.24, 2.45) is 4.99 Å². The summed E-state index contributed by atoms with van der Waals surface area (Å²) in [6.07, 6.45) is 1.90. The average Bonchev–Trinajstić information content (AvgIpc) is 2.94. The van der Waals surface area contributed by atoms with Crippen molar-refractivity contribution >= 4 is 34.6 Å². The largest absolute Gasteiger partial charge is 0.496 e. The second-order valence-corrected chi connectivity index (χ2v) is 7.85. The number of amides is 1. The number of carbonyl (C=O) groups excluding carboxylic acids is 1. The Hall–Kier alpha value is -2.53. The van der Waals surface area contributed by atoms with E-state index in [1.54, 1.807) is 12.0 Å². The van der Waals surface area contributed by atoms with Crippen LogP contribution in [0.15, 0.2) is 52.4 Å². The van der Waals surface area contributed by atoms with Gasteiger partial charge in [0.15, 0.2) is 5.17 Å². The monoisotopic (exact) mass is 380 g/mol. The van der Waals surface area contributed by atoms with E-state index in [4.69, 9.17) is 9.73 Å². The Balaban J connectivity index is 1.96. The van der Waals surface area contributed by atoms with Gasteiger partial charge in [-0.3, -0.25) is 9.69 Å². The van der Waals surface area contributed by atoms with Crippen LogP contribution in [0.4, 0.5) is 5.69 Å². The summed E-state index contributed by atoms with van der Waals surface area (Å²) in [7, 11) is 1.65. The number of rotatable bonds is 4. The highest BCUT2D eigenvalue weighted by Gasteiger charge is 2.35. The number of hydrogen-bond acceptors (Lipinski definition) is 4. The zero-order chi connectivity index (χ0) is 19.6. The van der Waals surface area contributed by atoms with Gasteiger partial charge in [-0.15, -0.1) is 0 Å². The van der Waals surface area contributed by atoms with Crippen molar-refractivity contribution in [3.05, 3.63) is 64.1 Å². The molecule has 0 unspecified atom stereocenters. The van der Waals surface area contributed by atoms with E-state index in [1.807, 2.05) is 76.2 Å². The van der Waals surface area contributed by atoms with E-state index < -0.39 is 0 Å². The average molecular weight is 381 g/mol. The molecule has 4 nitrogen and oxygen atoms in total. The predicted octanol–water partition coefficient (Wildman–Crippen LogP) is 5.32. The van der Waals surface area contributed by atoms with Crippen LogP contribution in [0.2, 0.25) is 0 Å². The predicted molar refractivity (Wildman–Crippen MR) is 114 cm³/mol. The molecule has 1 aliphatic rings. The second-order valence-electron chi connectivity index (χ2n) is 6.84. The van der Waals surface area contributed by atoms with Crippen LogP contribution >= 0.6 is 11.8 Å². The number of hydrogen-bond donors (Lipinski definition) is 0. The molecule has 0 aliphatic carbocycles. The zero-order valence-electron chi connectivity index (χ0n) is 16.3. The van der Waals surface area contributed by atoms with Crippen LogP contribution in [0, 0.1) is 13.8 Å². The van der Waals surface area contributed by atoms with Gasteiger partial charge in [0.05, 0.1) is 17.7 Å². The molecule has 5 heteroatoms. The molecule has 1 amide bonds. The molecule has 0 N–H and O–H groups in total. The van der Waals surface area contributed by atoms with Gasteiger partial charge < -0.3 is 4.74 Å². The number of amidine groups is 1. The van der Waals surface area contributed by atoms with Gasteiger partial charge in [-0.1, -0.05) is 29.8 Å². The number of aliphatic imine (C=N–C) groups is 1. The summed E-state index contributed by atoms with van der Waals surface area (Å²) < 4.78 is 5.39. The van der Waals surface area contributed by atoms with Crippen LogP contribution in [0.3, 0.4) is 0 Å². The van der Waals surface area contributed by atoms with Crippen molar-refractivity contribution in [2.75, 3.05) is 7.11 Å². The molecular weight excluding hydrogens is 356 g/mol. The van der Waals surface area contributed by atoms with E-state index in [0.717, 1.165) is 22.6 Å². The summed E-state index contributed by atoms with van der Waals surface area (Å²) >= 11 is 1.41. The highest BCUT2D eigenvalue weighted by molar-refractivity contribution is 8.18. The number of nitrogens with zero attached hydrogens (tertiary/aromatic N) is 2. The summed E-state index contributed by atoms with van der Waals surface area (Å²) in [5.41, 5.74) is 4.03. The van der Waals surface area contributed by atoms with Gasteiger partial charge >= 0.3 is 0 Å². The fourth-order valence-electron chi connectivity index (χ4n) is 2.83. The molecule has 140 valence electrons. The third kappa shape index (κ3) is 4.25. The Labute approximate surface area is 164 Å². The molecule has 0 saturated carbocycles. The summed E-state index contributed by atoms with van der Waals surface area (Å²) in [6, 6.07) is 14.0. The van der Waals surface area contributed by atoms with Crippen LogP contribution in [0.5, 0.6) is 5.75 Å². The van der Waals surface area contributed by atoms with Gasteiger partial charge in [0, 0.05) is 6.04 Å². The van der Waals surface area contributed by atoms with E-state index in [0.29, 0.717) is 10.1 Å². The Bertz CT molecular complexity index is 914. The Kier molecular flexibility index (Phi) is 5.71. The van der Waals surface area contributed by atoms with Gasteiger partial charge in [-0.05, 0) is 74.9 Å². The van der Waals surface area contributed by atoms with Crippen molar-refractivity contribution < 1.29 is 9.53 Å². The van der Waals surface area contributed by atoms with Crippen molar-refractivity contribution in [3.63, 3.8) is 0 Å². The Morgan fingerprint density at radius 2 is 1.81 bits per heavy atom. The molecule has 0 aromatic heterocycles. The number of methoxy groups -OCH3 is 1. The quantitative estimate of drug-likeness (QED) is 0.674. The zero-order valence-corrected chi connectivity index (χ0v) is 17.1. The minimum absolute atomic E-state index is 0.0135. The van der Waals surface area contributed by atoms with Gasteiger partial charge in [0.1, 0.15) is 5.75 Å². The first-order valence-corrected chi connectivity index (χ1v) is 9.74. The summed E-state index contributed by atoms with van der Waals surface area (Å²) in [6.45, 7) is 8.04. The SMILES string of the molecule is COc1cc(/C=C2/SC(=Nc3ccc(C)cc3)N(C(C)C)C2=O)ccc1C. The van der Waals surface area contributed by atoms with Gasteiger partial charge in [-0.2, -0.15) is 0 Å². The molecule has 0 bridgehead atoms. The molecule has 2 aromatic carbocycles. The van der Waals surface area contributed by atoms with Crippen molar-refractivity contribution in [3.8, 4) is 5.75 Å². The van der Waals surface area contributed by atoms with Crippen molar-refractivity contribution in [1.82, 2.24) is 4.90 Å². The van der Waals surface area contributed by atoms with Crippen LogP contribution in [-0.4, -0.2) is 29.1 Å². The van der Waals surface area contributed by atoms with E-state index in [1.165, 1.54) is 17.3 Å². The van der Waals surface area contributed by atoms with Crippen molar-refractivity contribution in [1.29, 1.82) is 0 Å². The normalized spacial score (nSPS) is 17.4. The minimum Gasteiger partial charge on any atom is -0.496 e. The lowest BCUT2D eigenvalue weighted by Gasteiger charge is -2.19. The lowest BCUT2D eigenvalue weighted by atomic mass is 10.1. The lowest BCUT2D eigenvalue weighted by molar-refractivity contribution is -0.123. The van der Waals surface area contributed by atoms with Crippen molar-refractivity contribution in [2.45, 2.75) is 33.7 Å². The van der Waals surface area contributed by atoms with E-state index in [2.05, 4.69) is 0 Å². The number of ether oxygens (including phenoxy) is 1. The van der Waals surface area contributed by atoms with Gasteiger partial charge in [0.25, 0.3) is 5.91 Å². The first kappa shape index (κ1) is 19.2. The molecule has 1 heterocycles. The third-order valence-corrected chi connectivity index (χ3v) is 5.32. The summed E-state index contributed by atoms with van der Waals surface area (Å²) in [4.78, 5) is 20.1. The molecule has 0 spiro atoms. The Morgan fingerprint density at radius 1 is 1.11 bits per heavy atom. The molecule has 27 heavy (non-hydrogen) atoms. The van der Waals surface area contributed by atoms with Crippen LogP contribution < -0.4 is 4.74 Å². The first-order chi connectivity index (χ1) is 12.9. The van der Waals surface area contributed by atoms with Crippen LogP contribution in [0.25, 0.3) is 6.08 Å². The van der Waals surface area contributed by atoms with Crippen LogP contribution in [0.1, 0.15) is 30.5 Å². The summed E-state index contributed by atoms with van der Waals surface area (Å²) in [5, 5.41) is 0.712. The maximum Gasteiger partial charge on any atom is 0.266 e.